The Morgan fingerprint density at radius 3 is 2.40 bits per heavy atom. The molecule has 0 saturated carbocycles. The van der Waals surface area contributed by atoms with Crippen LogP contribution in [0.2, 0.25) is 0 Å². The number of nitrogens with one attached hydrogen (secondary N) is 1. The Morgan fingerprint density at radius 2 is 1.93 bits per heavy atom. The number of carbonyl (C=O) groups is 1. The van der Waals surface area contributed by atoms with Crippen LogP contribution >= 0.6 is 0 Å². The molecule has 15 heavy (non-hydrogen) atoms. The Bertz CT molecular complexity index is 471. The molecule has 3 nitrogen and oxygen atoms in total. The molecule has 1 aromatic carbocycles. The van der Waals surface area contributed by atoms with Gasteiger partial charge in [-0.15, -0.1) is 0 Å². The molecule has 1 aromatic heterocycles. The summed E-state index contributed by atoms with van der Waals surface area (Å²) in [6, 6.07) is 3.72. The van der Waals surface area contributed by atoms with Crippen molar-refractivity contribution < 1.29 is 13.6 Å². The first-order valence-corrected chi connectivity index (χ1v) is 4.16. The molecule has 0 aliphatic heterocycles. The molecule has 0 saturated heterocycles. The van der Waals surface area contributed by atoms with Crippen molar-refractivity contribution in [3.8, 4) is 11.3 Å². The van der Waals surface area contributed by atoms with Gasteiger partial charge in [0.15, 0.2) is 6.29 Å². The van der Waals surface area contributed by atoms with Crippen LogP contribution in [-0.4, -0.2) is 16.5 Å². The first kappa shape index (κ1) is 9.51. The van der Waals surface area contributed by atoms with E-state index in [2.05, 4.69) is 10.2 Å². The number of halogens is 2. The number of H-pyrrole nitrogens is 1. The normalized spacial score (nSPS) is 10.3. The van der Waals surface area contributed by atoms with Crippen molar-refractivity contribution in [1.82, 2.24) is 10.2 Å². The van der Waals surface area contributed by atoms with Crippen molar-refractivity contribution in [1.29, 1.82) is 0 Å². The molecule has 0 spiro atoms. The van der Waals surface area contributed by atoms with Gasteiger partial charge in [0, 0.05) is 11.8 Å². The van der Waals surface area contributed by atoms with Crippen molar-refractivity contribution in [2.24, 2.45) is 0 Å². The Morgan fingerprint density at radius 1 is 1.27 bits per heavy atom. The standard InChI is InChI=1S/C10H6F2N2O/c11-8-3-6(10-1-2-13-14-10)4-9(12)7(8)5-15/h1-5H,(H,13,14). The average molecular weight is 208 g/mol. The first-order chi connectivity index (χ1) is 7.22. The molecule has 1 heterocycles. The number of benzene rings is 1. The zero-order chi connectivity index (χ0) is 10.8. The van der Waals surface area contributed by atoms with Crippen LogP contribution in [0.3, 0.4) is 0 Å². The molecule has 0 radical (unpaired) electrons. The van der Waals surface area contributed by atoms with Crippen molar-refractivity contribution in [3.05, 3.63) is 41.6 Å². The zero-order valence-corrected chi connectivity index (χ0v) is 7.50. The molecule has 0 bridgehead atoms. The summed E-state index contributed by atoms with van der Waals surface area (Å²) < 4.78 is 26.4. The minimum atomic E-state index is -0.886. The van der Waals surface area contributed by atoms with E-state index in [4.69, 9.17) is 0 Å². The van der Waals surface area contributed by atoms with E-state index in [1.54, 1.807) is 12.3 Å². The predicted octanol–water partition coefficient (Wildman–Crippen LogP) is 2.17. The Labute approximate surface area is 83.7 Å². The molecular formula is C10H6F2N2O. The van der Waals surface area contributed by atoms with Gasteiger partial charge in [-0.2, -0.15) is 5.10 Å². The lowest BCUT2D eigenvalue weighted by atomic mass is 10.1. The van der Waals surface area contributed by atoms with Crippen LogP contribution in [-0.2, 0) is 0 Å². The van der Waals surface area contributed by atoms with Crippen LogP contribution in [0.4, 0.5) is 8.78 Å². The highest BCUT2D eigenvalue weighted by molar-refractivity contribution is 5.77. The number of hydrogen-bond donors (Lipinski definition) is 1. The molecule has 1 N–H and O–H groups in total. The van der Waals surface area contributed by atoms with Gasteiger partial charge in [-0.3, -0.25) is 9.89 Å². The second-order valence-electron chi connectivity index (χ2n) is 2.93. The van der Waals surface area contributed by atoms with E-state index in [1.165, 1.54) is 0 Å². The van der Waals surface area contributed by atoms with Gasteiger partial charge < -0.3 is 0 Å². The van der Waals surface area contributed by atoms with E-state index in [9.17, 15) is 13.6 Å². The number of rotatable bonds is 2. The van der Waals surface area contributed by atoms with Crippen molar-refractivity contribution in [2.75, 3.05) is 0 Å². The second-order valence-corrected chi connectivity index (χ2v) is 2.93. The summed E-state index contributed by atoms with van der Waals surface area (Å²) in [5.41, 5.74) is 0.149. The summed E-state index contributed by atoms with van der Waals surface area (Å²) in [6.07, 6.45) is 1.69. The SMILES string of the molecule is O=Cc1c(F)cc(-c2cc[nH]n2)cc1F. The molecule has 0 atom stereocenters. The summed E-state index contributed by atoms with van der Waals surface area (Å²) >= 11 is 0. The van der Waals surface area contributed by atoms with E-state index in [0.717, 1.165) is 12.1 Å². The number of hydrogen-bond acceptors (Lipinski definition) is 2. The highest BCUT2D eigenvalue weighted by atomic mass is 19.1. The van der Waals surface area contributed by atoms with E-state index in [1.807, 2.05) is 0 Å². The largest absolute Gasteiger partial charge is 0.298 e. The number of carbonyl (C=O) groups excluding carboxylic acids is 1. The van der Waals surface area contributed by atoms with Gasteiger partial charge in [-0.25, -0.2) is 8.78 Å². The lowest BCUT2D eigenvalue weighted by Crippen LogP contribution is -1.94. The number of nitrogens with zero attached hydrogens (tertiary/aromatic N) is 1. The third kappa shape index (κ3) is 1.63. The molecule has 0 unspecified atom stereocenters. The topological polar surface area (TPSA) is 45.8 Å². The van der Waals surface area contributed by atoms with E-state index in [0.29, 0.717) is 5.69 Å². The van der Waals surface area contributed by atoms with Gasteiger partial charge >= 0.3 is 0 Å². The molecule has 0 aliphatic carbocycles. The molecule has 5 heteroatoms. The Balaban J connectivity index is 2.58. The predicted molar refractivity (Wildman–Crippen MR) is 49.3 cm³/mol. The second kappa shape index (κ2) is 3.61. The fraction of sp³-hybridized carbons (Fsp3) is 0. The molecule has 2 aromatic rings. The lowest BCUT2D eigenvalue weighted by Gasteiger charge is -2.00. The maximum absolute atomic E-state index is 13.2. The van der Waals surface area contributed by atoms with Crippen LogP contribution in [0.15, 0.2) is 24.4 Å². The monoisotopic (exact) mass is 208 g/mol. The maximum Gasteiger partial charge on any atom is 0.155 e. The third-order valence-electron chi connectivity index (χ3n) is 1.99. The van der Waals surface area contributed by atoms with Gasteiger partial charge in [0.25, 0.3) is 0 Å². The zero-order valence-electron chi connectivity index (χ0n) is 7.50. The summed E-state index contributed by atoms with van der Waals surface area (Å²) in [4.78, 5) is 10.3. The van der Waals surface area contributed by atoms with Crippen LogP contribution in [0.1, 0.15) is 10.4 Å². The van der Waals surface area contributed by atoms with Gasteiger partial charge in [-0.1, -0.05) is 0 Å². The molecule has 76 valence electrons. The van der Waals surface area contributed by atoms with Gasteiger partial charge in [-0.05, 0) is 18.2 Å². The molecular weight excluding hydrogens is 202 g/mol. The smallest absolute Gasteiger partial charge is 0.155 e. The van der Waals surface area contributed by atoms with Crippen molar-refractivity contribution in [2.45, 2.75) is 0 Å². The molecule has 2 rings (SSSR count). The quantitative estimate of drug-likeness (QED) is 0.768. The van der Waals surface area contributed by atoms with Gasteiger partial charge in [0.2, 0.25) is 0 Å². The van der Waals surface area contributed by atoms with Gasteiger partial charge in [0.05, 0.1) is 11.3 Å². The van der Waals surface area contributed by atoms with Crippen LogP contribution < -0.4 is 0 Å². The fourth-order valence-corrected chi connectivity index (χ4v) is 1.27. The van der Waals surface area contributed by atoms with E-state index < -0.39 is 17.2 Å². The summed E-state index contributed by atoms with van der Waals surface area (Å²) in [5.74, 6) is -1.77. The van der Waals surface area contributed by atoms with Crippen LogP contribution in [0.5, 0.6) is 0 Å². The maximum atomic E-state index is 13.2. The minimum Gasteiger partial charge on any atom is -0.298 e. The molecule has 0 aliphatic rings. The van der Waals surface area contributed by atoms with Crippen LogP contribution in [0.25, 0.3) is 11.3 Å². The average Bonchev–Trinajstić information content (AvgIpc) is 2.69. The summed E-state index contributed by atoms with van der Waals surface area (Å²) in [5, 5.41) is 6.31. The Kier molecular flexibility index (Phi) is 2.29. The van der Waals surface area contributed by atoms with Gasteiger partial charge in [0.1, 0.15) is 11.6 Å². The fourth-order valence-electron chi connectivity index (χ4n) is 1.27. The number of aromatic amines is 1. The highest BCUT2D eigenvalue weighted by Crippen LogP contribution is 2.21. The third-order valence-corrected chi connectivity index (χ3v) is 1.99. The summed E-state index contributed by atoms with van der Waals surface area (Å²) in [7, 11) is 0. The minimum absolute atomic E-state index is 0.152. The molecule has 0 fully saturated rings. The van der Waals surface area contributed by atoms with Crippen LogP contribution in [0, 0.1) is 11.6 Å². The molecule has 0 amide bonds. The first-order valence-electron chi connectivity index (χ1n) is 4.16. The van der Waals surface area contributed by atoms with E-state index >= 15 is 0 Å². The number of aldehydes is 1. The number of aromatic nitrogens is 2. The van der Waals surface area contributed by atoms with Crippen molar-refractivity contribution in [3.63, 3.8) is 0 Å². The van der Waals surface area contributed by atoms with Crippen molar-refractivity contribution >= 4 is 6.29 Å². The highest BCUT2D eigenvalue weighted by Gasteiger charge is 2.11. The summed E-state index contributed by atoms with van der Waals surface area (Å²) in [6.45, 7) is 0. The van der Waals surface area contributed by atoms with E-state index in [-0.39, 0.29) is 11.8 Å². The lowest BCUT2D eigenvalue weighted by molar-refractivity contribution is 0.111. The Hall–Kier alpha value is -2.04.